The summed E-state index contributed by atoms with van der Waals surface area (Å²) in [6.45, 7) is 5.37. The highest BCUT2D eigenvalue weighted by Crippen LogP contribution is 2.20. The van der Waals surface area contributed by atoms with Gasteiger partial charge in [0, 0.05) is 37.5 Å². The first-order chi connectivity index (χ1) is 8.72. The Labute approximate surface area is 111 Å². The molecular weight excluding hydrogens is 222 g/mol. The molecule has 2 rings (SSSR count). The van der Waals surface area contributed by atoms with Crippen LogP contribution >= 0.6 is 0 Å². The van der Waals surface area contributed by atoms with Crippen molar-refractivity contribution in [3.05, 3.63) is 35.9 Å². The van der Waals surface area contributed by atoms with Gasteiger partial charge < -0.3 is 15.5 Å². The Morgan fingerprint density at radius 3 is 2.50 bits per heavy atom. The van der Waals surface area contributed by atoms with E-state index in [0.717, 1.165) is 19.6 Å². The molecule has 1 aromatic rings. The second-order valence-corrected chi connectivity index (χ2v) is 5.73. The van der Waals surface area contributed by atoms with Crippen molar-refractivity contribution in [3.8, 4) is 0 Å². The summed E-state index contributed by atoms with van der Waals surface area (Å²) in [7, 11) is 2.38. The second-order valence-electron chi connectivity index (χ2n) is 5.73. The first kappa shape index (κ1) is 13.5. The van der Waals surface area contributed by atoms with E-state index in [4.69, 9.17) is 5.73 Å². The van der Waals surface area contributed by atoms with Crippen LogP contribution in [0.25, 0.3) is 0 Å². The molecule has 1 aliphatic rings. The van der Waals surface area contributed by atoms with Gasteiger partial charge in [-0.15, -0.1) is 0 Å². The molecule has 3 N–H and O–H groups in total. The van der Waals surface area contributed by atoms with Crippen LogP contribution in [0.2, 0.25) is 0 Å². The van der Waals surface area contributed by atoms with Crippen LogP contribution in [0.15, 0.2) is 30.3 Å². The minimum Gasteiger partial charge on any atom is -0.329 e. The summed E-state index contributed by atoms with van der Waals surface area (Å²) in [4.78, 5) is 0. The number of piperidine rings is 1. The molecule has 1 saturated heterocycles. The summed E-state index contributed by atoms with van der Waals surface area (Å²) < 4.78 is 1.17. The van der Waals surface area contributed by atoms with E-state index in [0.29, 0.717) is 6.04 Å². The van der Waals surface area contributed by atoms with Crippen molar-refractivity contribution in [2.45, 2.75) is 25.4 Å². The molecule has 0 bridgehead atoms. The van der Waals surface area contributed by atoms with Gasteiger partial charge >= 0.3 is 0 Å². The normalized spacial score (nSPS) is 28.2. The molecule has 3 nitrogen and oxygen atoms in total. The van der Waals surface area contributed by atoms with E-state index in [1.165, 1.54) is 36.0 Å². The van der Waals surface area contributed by atoms with Crippen molar-refractivity contribution >= 4 is 0 Å². The Bertz CT molecular complexity index is 342. The van der Waals surface area contributed by atoms with Gasteiger partial charge in [-0.1, -0.05) is 30.3 Å². The molecule has 0 aromatic heterocycles. The van der Waals surface area contributed by atoms with Crippen LogP contribution in [0.3, 0.4) is 0 Å². The van der Waals surface area contributed by atoms with Gasteiger partial charge in [0.1, 0.15) is 6.54 Å². The SMILES string of the molecule is C[N+]1(Cc2ccccc2)CCC(NCCN)CC1. The van der Waals surface area contributed by atoms with Crippen molar-refractivity contribution in [1.29, 1.82) is 0 Å². The molecule has 0 spiro atoms. The van der Waals surface area contributed by atoms with Gasteiger partial charge in [0.15, 0.2) is 0 Å². The van der Waals surface area contributed by atoms with Gasteiger partial charge in [0.25, 0.3) is 0 Å². The zero-order valence-electron chi connectivity index (χ0n) is 11.4. The fraction of sp³-hybridized carbons (Fsp3) is 0.600. The fourth-order valence-corrected chi connectivity index (χ4v) is 2.87. The van der Waals surface area contributed by atoms with Gasteiger partial charge in [0.2, 0.25) is 0 Å². The summed E-state index contributed by atoms with van der Waals surface area (Å²) in [5, 5.41) is 3.54. The van der Waals surface area contributed by atoms with E-state index in [9.17, 15) is 0 Å². The molecule has 0 amide bonds. The lowest BCUT2D eigenvalue weighted by molar-refractivity contribution is -0.927. The number of nitrogens with one attached hydrogen (secondary N) is 1. The molecule has 1 heterocycles. The number of nitrogens with two attached hydrogens (primary N) is 1. The third-order valence-electron chi connectivity index (χ3n) is 4.02. The summed E-state index contributed by atoms with van der Waals surface area (Å²) >= 11 is 0. The Balaban J connectivity index is 1.83. The molecule has 100 valence electrons. The first-order valence-electron chi connectivity index (χ1n) is 7.03. The highest BCUT2D eigenvalue weighted by Gasteiger charge is 2.29. The highest BCUT2D eigenvalue weighted by atomic mass is 15.3. The number of likely N-dealkylation sites (tertiary alicyclic amines) is 1. The van der Waals surface area contributed by atoms with Crippen LogP contribution < -0.4 is 11.1 Å². The van der Waals surface area contributed by atoms with Crippen LogP contribution in [0.1, 0.15) is 18.4 Å². The second kappa shape index (κ2) is 6.32. The fourth-order valence-electron chi connectivity index (χ4n) is 2.87. The zero-order chi connectivity index (χ0) is 12.8. The molecule has 3 heteroatoms. The monoisotopic (exact) mass is 248 g/mol. The van der Waals surface area contributed by atoms with Crippen molar-refractivity contribution in [2.75, 3.05) is 33.2 Å². The Morgan fingerprint density at radius 2 is 1.89 bits per heavy atom. The Kier molecular flexibility index (Phi) is 4.75. The predicted octanol–water partition coefficient (Wildman–Crippen LogP) is 1.34. The highest BCUT2D eigenvalue weighted by molar-refractivity contribution is 5.13. The summed E-state index contributed by atoms with van der Waals surface area (Å²) in [5.41, 5.74) is 6.99. The van der Waals surface area contributed by atoms with Gasteiger partial charge in [0.05, 0.1) is 20.1 Å². The molecule has 1 aliphatic heterocycles. The quantitative estimate of drug-likeness (QED) is 0.772. The van der Waals surface area contributed by atoms with E-state index >= 15 is 0 Å². The van der Waals surface area contributed by atoms with Gasteiger partial charge in [-0.2, -0.15) is 0 Å². The molecular formula is C15H26N3+. The number of rotatable bonds is 5. The van der Waals surface area contributed by atoms with Crippen molar-refractivity contribution in [3.63, 3.8) is 0 Å². The maximum Gasteiger partial charge on any atom is 0.104 e. The molecule has 0 radical (unpaired) electrons. The Morgan fingerprint density at radius 1 is 1.22 bits per heavy atom. The maximum atomic E-state index is 5.53. The maximum absolute atomic E-state index is 5.53. The summed E-state index contributed by atoms with van der Waals surface area (Å²) in [5.74, 6) is 0. The average Bonchev–Trinajstić information content (AvgIpc) is 2.39. The van der Waals surface area contributed by atoms with Crippen LogP contribution in [-0.2, 0) is 6.54 Å². The minimum absolute atomic E-state index is 0.676. The van der Waals surface area contributed by atoms with E-state index in [2.05, 4.69) is 42.7 Å². The molecule has 0 unspecified atom stereocenters. The van der Waals surface area contributed by atoms with Gasteiger partial charge in [-0.3, -0.25) is 0 Å². The predicted molar refractivity (Wildman–Crippen MR) is 76.1 cm³/mol. The van der Waals surface area contributed by atoms with Crippen LogP contribution in [0, 0.1) is 0 Å². The summed E-state index contributed by atoms with van der Waals surface area (Å²) in [6.07, 6.45) is 2.53. The van der Waals surface area contributed by atoms with Crippen LogP contribution in [0.4, 0.5) is 0 Å². The standard InChI is InChI=1S/C15H26N3/c1-18(13-14-5-3-2-4-6-14)11-7-15(8-12-18)17-10-9-16/h2-6,15,17H,7-13,16H2,1H3/q+1. The number of benzene rings is 1. The van der Waals surface area contributed by atoms with Gasteiger partial charge in [-0.05, 0) is 0 Å². The molecule has 1 aromatic carbocycles. The average molecular weight is 248 g/mol. The van der Waals surface area contributed by atoms with Crippen molar-refractivity contribution in [1.82, 2.24) is 5.32 Å². The van der Waals surface area contributed by atoms with Crippen LogP contribution in [0.5, 0.6) is 0 Å². The number of hydrogen-bond acceptors (Lipinski definition) is 2. The van der Waals surface area contributed by atoms with E-state index in [-0.39, 0.29) is 0 Å². The third-order valence-corrected chi connectivity index (χ3v) is 4.02. The molecule has 0 saturated carbocycles. The topological polar surface area (TPSA) is 38.0 Å². The third kappa shape index (κ3) is 3.80. The molecule has 0 aliphatic carbocycles. The van der Waals surface area contributed by atoms with E-state index in [1.54, 1.807) is 0 Å². The number of hydrogen-bond donors (Lipinski definition) is 2. The zero-order valence-corrected chi connectivity index (χ0v) is 11.4. The lowest BCUT2D eigenvalue weighted by Gasteiger charge is -2.41. The first-order valence-corrected chi connectivity index (χ1v) is 7.03. The molecule has 18 heavy (non-hydrogen) atoms. The lowest BCUT2D eigenvalue weighted by Crippen LogP contribution is -2.53. The Hall–Kier alpha value is -0.900. The van der Waals surface area contributed by atoms with Gasteiger partial charge in [-0.25, -0.2) is 0 Å². The largest absolute Gasteiger partial charge is 0.329 e. The van der Waals surface area contributed by atoms with E-state index in [1.807, 2.05) is 0 Å². The summed E-state index contributed by atoms with van der Waals surface area (Å²) in [6, 6.07) is 11.5. The van der Waals surface area contributed by atoms with Crippen LogP contribution in [-0.4, -0.2) is 43.8 Å². The lowest BCUT2D eigenvalue weighted by atomic mass is 10.0. The minimum atomic E-state index is 0.676. The van der Waals surface area contributed by atoms with Crippen molar-refractivity contribution < 1.29 is 4.48 Å². The number of quaternary nitrogens is 1. The van der Waals surface area contributed by atoms with Crippen molar-refractivity contribution in [2.24, 2.45) is 5.73 Å². The number of nitrogens with zero attached hydrogens (tertiary/aromatic N) is 1. The van der Waals surface area contributed by atoms with E-state index < -0.39 is 0 Å². The smallest absolute Gasteiger partial charge is 0.104 e. The molecule has 1 fully saturated rings. The molecule has 0 atom stereocenters.